The van der Waals surface area contributed by atoms with Gasteiger partial charge < -0.3 is 5.32 Å². The maximum atomic E-state index is 3.92. The predicted octanol–water partition coefficient (Wildman–Crippen LogP) is 3.84. The number of aryl methyl sites for hydroxylation is 1. The lowest BCUT2D eigenvalue weighted by atomic mass is 9.86. The van der Waals surface area contributed by atoms with E-state index in [0.717, 1.165) is 0 Å². The van der Waals surface area contributed by atoms with E-state index in [1.807, 2.05) is 0 Å². The number of rotatable bonds is 2. The van der Waals surface area contributed by atoms with Crippen LogP contribution in [0.1, 0.15) is 56.7 Å². The van der Waals surface area contributed by atoms with Gasteiger partial charge in [0.1, 0.15) is 0 Å². The van der Waals surface area contributed by atoms with Crippen molar-refractivity contribution in [1.82, 2.24) is 5.32 Å². The monoisotopic (exact) mass is 229 g/mol. The molecule has 2 aliphatic rings. The Morgan fingerprint density at radius 2 is 2.00 bits per heavy atom. The minimum absolute atomic E-state index is 0.484. The van der Waals surface area contributed by atoms with Gasteiger partial charge in [-0.05, 0) is 42.2 Å². The van der Waals surface area contributed by atoms with E-state index in [2.05, 4.69) is 43.4 Å². The summed E-state index contributed by atoms with van der Waals surface area (Å²) in [6.45, 7) is 4.83. The molecule has 0 heterocycles. The summed E-state index contributed by atoms with van der Waals surface area (Å²) in [5.41, 5.74) is 3.59. The molecule has 0 spiro atoms. The third-order valence-corrected chi connectivity index (χ3v) is 4.79. The molecule has 1 nitrogen and oxygen atoms in total. The van der Waals surface area contributed by atoms with Crippen molar-refractivity contribution in [3.05, 3.63) is 35.4 Å². The molecule has 1 aromatic rings. The van der Waals surface area contributed by atoms with Crippen LogP contribution in [-0.4, -0.2) is 6.04 Å². The van der Waals surface area contributed by atoms with Crippen LogP contribution < -0.4 is 5.32 Å². The molecule has 1 N–H and O–H groups in total. The summed E-state index contributed by atoms with van der Waals surface area (Å²) < 4.78 is 0. The molecular formula is C16H23N. The van der Waals surface area contributed by atoms with Crippen molar-refractivity contribution in [1.29, 1.82) is 0 Å². The Bertz CT molecular complexity index is 408. The zero-order valence-corrected chi connectivity index (χ0v) is 11.0. The highest BCUT2D eigenvalue weighted by Gasteiger charge is 2.36. The Hall–Kier alpha value is -0.820. The number of nitrogens with one attached hydrogen (secondary N) is 1. The second-order valence-electron chi connectivity index (χ2n) is 6.39. The second kappa shape index (κ2) is 4.13. The number of hydrogen-bond acceptors (Lipinski definition) is 1. The summed E-state index contributed by atoms with van der Waals surface area (Å²) in [5, 5.41) is 3.92. The van der Waals surface area contributed by atoms with E-state index in [1.54, 1.807) is 11.1 Å². The molecule has 17 heavy (non-hydrogen) atoms. The van der Waals surface area contributed by atoms with Gasteiger partial charge in [-0.25, -0.2) is 0 Å². The number of hydrogen-bond donors (Lipinski definition) is 1. The smallest absolute Gasteiger partial charge is 0.0328 e. The molecule has 1 fully saturated rings. The standard InChI is InChI=1S/C16H23N/c1-16(2)11-5-8-15(16)17-14-10-9-12-6-3-4-7-13(12)14/h3-4,6-7,14-15,17H,5,8-11H2,1-2H3. The SMILES string of the molecule is CC1(C)CCCC1NC1CCc2ccccc21. The molecule has 0 bridgehead atoms. The van der Waals surface area contributed by atoms with Crippen LogP contribution in [0.25, 0.3) is 0 Å². The summed E-state index contributed by atoms with van der Waals surface area (Å²) in [5.74, 6) is 0. The lowest BCUT2D eigenvalue weighted by Gasteiger charge is -2.31. The van der Waals surface area contributed by atoms with Gasteiger partial charge >= 0.3 is 0 Å². The van der Waals surface area contributed by atoms with Crippen molar-refractivity contribution in [3.63, 3.8) is 0 Å². The third-order valence-electron chi connectivity index (χ3n) is 4.79. The summed E-state index contributed by atoms with van der Waals surface area (Å²) in [4.78, 5) is 0. The average Bonchev–Trinajstić information content (AvgIpc) is 2.85. The molecule has 1 heteroatoms. The van der Waals surface area contributed by atoms with Crippen molar-refractivity contribution in [2.45, 2.75) is 58.0 Å². The third kappa shape index (κ3) is 2.01. The van der Waals surface area contributed by atoms with Crippen LogP contribution >= 0.6 is 0 Å². The molecule has 0 aromatic heterocycles. The topological polar surface area (TPSA) is 12.0 Å². The zero-order valence-electron chi connectivity index (χ0n) is 11.0. The van der Waals surface area contributed by atoms with Crippen LogP contribution in [0.4, 0.5) is 0 Å². The van der Waals surface area contributed by atoms with Crippen LogP contribution in [0.2, 0.25) is 0 Å². The summed E-state index contributed by atoms with van der Waals surface area (Å²) in [6, 6.07) is 10.3. The van der Waals surface area contributed by atoms with Gasteiger partial charge in [-0.2, -0.15) is 0 Å². The highest BCUT2D eigenvalue weighted by Crippen LogP contribution is 2.40. The minimum atomic E-state index is 0.484. The quantitative estimate of drug-likeness (QED) is 0.812. The fourth-order valence-electron chi connectivity index (χ4n) is 3.61. The highest BCUT2D eigenvalue weighted by atomic mass is 15.0. The van der Waals surface area contributed by atoms with E-state index in [1.165, 1.54) is 32.1 Å². The van der Waals surface area contributed by atoms with Gasteiger partial charge in [0.25, 0.3) is 0 Å². The van der Waals surface area contributed by atoms with Gasteiger partial charge in [-0.1, -0.05) is 44.5 Å². The zero-order chi connectivity index (χ0) is 11.9. The Morgan fingerprint density at radius 1 is 1.18 bits per heavy atom. The van der Waals surface area contributed by atoms with Gasteiger partial charge in [0.15, 0.2) is 0 Å². The van der Waals surface area contributed by atoms with E-state index in [9.17, 15) is 0 Å². The van der Waals surface area contributed by atoms with E-state index >= 15 is 0 Å². The number of benzene rings is 1. The van der Waals surface area contributed by atoms with Crippen molar-refractivity contribution in [3.8, 4) is 0 Å². The van der Waals surface area contributed by atoms with Gasteiger partial charge in [-0.3, -0.25) is 0 Å². The Kier molecular flexibility index (Phi) is 2.74. The van der Waals surface area contributed by atoms with E-state index in [0.29, 0.717) is 17.5 Å². The molecule has 0 radical (unpaired) electrons. The molecule has 0 aliphatic heterocycles. The van der Waals surface area contributed by atoms with E-state index in [-0.39, 0.29) is 0 Å². The van der Waals surface area contributed by atoms with Crippen LogP contribution in [0.15, 0.2) is 24.3 Å². The average molecular weight is 229 g/mol. The molecule has 2 aliphatic carbocycles. The first kappa shape index (κ1) is 11.3. The normalized spacial score (nSPS) is 30.5. The van der Waals surface area contributed by atoms with Gasteiger partial charge in [0.2, 0.25) is 0 Å². The fraction of sp³-hybridized carbons (Fsp3) is 0.625. The molecule has 0 amide bonds. The van der Waals surface area contributed by atoms with Crippen LogP contribution in [-0.2, 0) is 6.42 Å². The molecule has 1 aromatic carbocycles. The maximum Gasteiger partial charge on any atom is 0.0328 e. The van der Waals surface area contributed by atoms with E-state index < -0.39 is 0 Å². The lowest BCUT2D eigenvalue weighted by molar-refractivity contribution is 0.261. The molecule has 3 rings (SSSR count). The first-order valence-corrected chi connectivity index (χ1v) is 7.01. The van der Waals surface area contributed by atoms with Crippen LogP contribution in [0, 0.1) is 5.41 Å². The maximum absolute atomic E-state index is 3.92. The van der Waals surface area contributed by atoms with Crippen molar-refractivity contribution < 1.29 is 0 Å². The van der Waals surface area contributed by atoms with Crippen LogP contribution in [0.5, 0.6) is 0 Å². The van der Waals surface area contributed by atoms with E-state index in [4.69, 9.17) is 0 Å². The Morgan fingerprint density at radius 3 is 2.76 bits per heavy atom. The lowest BCUT2D eigenvalue weighted by Crippen LogP contribution is -2.39. The van der Waals surface area contributed by atoms with Crippen molar-refractivity contribution in [2.75, 3.05) is 0 Å². The fourth-order valence-corrected chi connectivity index (χ4v) is 3.61. The molecule has 0 saturated heterocycles. The van der Waals surface area contributed by atoms with Gasteiger partial charge in [-0.15, -0.1) is 0 Å². The summed E-state index contributed by atoms with van der Waals surface area (Å²) >= 11 is 0. The molecular weight excluding hydrogens is 206 g/mol. The summed E-state index contributed by atoms with van der Waals surface area (Å²) in [6.07, 6.45) is 6.65. The Balaban J connectivity index is 1.76. The molecule has 2 unspecified atom stereocenters. The molecule has 1 saturated carbocycles. The molecule has 92 valence electrons. The summed E-state index contributed by atoms with van der Waals surface area (Å²) in [7, 11) is 0. The highest BCUT2D eigenvalue weighted by molar-refractivity contribution is 5.34. The van der Waals surface area contributed by atoms with Gasteiger partial charge in [0, 0.05) is 12.1 Å². The number of fused-ring (bicyclic) bond motifs is 1. The van der Waals surface area contributed by atoms with Crippen molar-refractivity contribution >= 4 is 0 Å². The van der Waals surface area contributed by atoms with Crippen LogP contribution in [0.3, 0.4) is 0 Å². The second-order valence-corrected chi connectivity index (χ2v) is 6.39. The molecule has 2 atom stereocenters. The van der Waals surface area contributed by atoms with Crippen molar-refractivity contribution in [2.24, 2.45) is 5.41 Å². The predicted molar refractivity (Wildman–Crippen MR) is 72.1 cm³/mol. The first-order chi connectivity index (χ1) is 8.17. The first-order valence-electron chi connectivity index (χ1n) is 7.01. The minimum Gasteiger partial charge on any atom is -0.307 e. The Labute approximate surface area is 105 Å². The largest absolute Gasteiger partial charge is 0.307 e. The van der Waals surface area contributed by atoms with Gasteiger partial charge in [0.05, 0.1) is 0 Å².